The zero-order chi connectivity index (χ0) is 9.68. The van der Waals surface area contributed by atoms with Gasteiger partial charge in [0.05, 0.1) is 6.33 Å². The van der Waals surface area contributed by atoms with Crippen LogP contribution in [0.5, 0.6) is 0 Å². The summed E-state index contributed by atoms with van der Waals surface area (Å²) in [6, 6.07) is 1.78. The molecular weight excluding hydrogens is 186 g/mol. The molecule has 0 fully saturated rings. The Hall–Kier alpha value is -0.970. The molecule has 0 saturated carbocycles. The van der Waals surface area contributed by atoms with E-state index in [-0.39, 0.29) is 5.56 Å². The van der Waals surface area contributed by atoms with E-state index in [0.29, 0.717) is 11.9 Å². The normalized spacial score (nSPS) is 12.5. The maximum absolute atomic E-state index is 10.9. The molecule has 1 aromatic rings. The summed E-state index contributed by atoms with van der Waals surface area (Å²) >= 11 is 1.76. The molecule has 4 nitrogen and oxygen atoms in total. The topological polar surface area (TPSA) is 57.8 Å². The molecule has 0 spiro atoms. The number of aromatic amines is 1. The number of H-pyrrole nitrogens is 1. The Morgan fingerprint density at radius 1 is 1.77 bits per heavy atom. The maximum atomic E-state index is 10.9. The molecule has 1 aromatic heterocycles. The molecule has 0 aliphatic heterocycles. The lowest BCUT2D eigenvalue weighted by atomic mass is 10.4. The van der Waals surface area contributed by atoms with Crippen molar-refractivity contribution in [1.82, 2.24) is 9.97 Å². The monoisotopic (exact) mass is 199 g/mol. The van der Waals surface area contributed by atoms with Crippen molar-refractivity contribution in [1.29, 1.82) is 0 Å². The van der Waals surface area contributed by atoms with Gasteiger partial charge in [-0.05, 0) is 13.2 Å². The Kier molecular flexibility index (Phi) is 3.82. The van der Waals surface area contributed by atoms with Crippen LogP contribution in [0.3, 0.4) is 0 Å². The van der Waals surface area contributed by atoms with Gasteiger partial charge in [-0.25, -0.2) is 4.98 Å². The lowest BCUT2D eigenvalue weighted by Gasteiger charge is -2.11. The molecule has 1 unspecified atom stereocenters. The molecule has 0 aliphatic carbocycles. The number of hydrogen-bond acceptors (Lipinski definition) is 4. The average Bonchev–Trinajstić information content (AvgIpc) is 2.04. The van der Waals surface area contributed by atoms with E-state index in [2.05, 4.69) is 22.2 Å². The molecule has 13 heavy (non-hydrogen) atoms. The third-order valence-electron chi connectivity index (χ3n) is 1.49. The van der Waals surface area contributed by atoms with Gasteiger partial charge in [0.2, 0.25) is 0 Å². The first kappa shape index (κ1) is 10.1. The van der Waals surface area contributed by atoms with Crippen LogP contribution in [0.15, 0.2) is 17.2 Å². The summed E-state index contributed by atoms with van der Waals surface area (Å²) in [6.45, 7) is 2.05. The minimum Gasteiger partial charge on any atom is -0.367 e. The number of nitrogens with one attached hydrogen (secondary N) is 2. The Balaban J connectivity index is 2.58. The molecule has 72 valence electrons. The Morgan fingerprint density at radius 3 is 3.15 bits per heavy atom. The highest BCUT2D eigenvalue weighted by molar-refractivity contribution is 7.98. The number of hydrogen-bond donors (Lipinski definition) is 2. The van der Waals surface area contributed by atoms with Gasteiger partial charge in [0.25, 0.3) is 5.56 Å². The van der Waals surface area contributed by atoms with Crippen LogP contribution in [0.25, 0.3) is 0 Å². The predicted octanol–water partition coefficient (Wildman–Crippen LogP) is 0.933. The zero-order valence-corrected chi connectivity index (χ0v) is 8.52. The van der Waals surface area contributed by atoms with Gasteiger partial charge >= 0.3 is 0 Å². The molecule has 0 amide bonds. The molecule has 1 rings (SSSR count). The summed E-state index contributed by atoms with van der Waals surface area (Å²) in [5, 5.41) is 3.13. The van der Waals surface area contributed by atoms with Crippen LogP contribution in [-0.4, -0.2) is 28.0 Å². The molecule has 0 aromatic carbocycles. The molecule has 0 radical (unpaired) electrons. The van der Waals surface area contributed by atoms with Gasteiger partial charge in [-0.15, -0.1) is 0 Å². The van der Waals surface area contributed by atoms with Crippen LogP contribution in [0.1, 0.15) is 6.92 Å². The van der Waals surface area contributed by atoms with E-state index in [0.717, 1.165) is 5.75 Å². The fraction of sp³-hybridized carbons (Fsp3) is 0.500. The molecule has 0 aliphatic rings. The lowest BCUT2D eigenvalue weighted by molar-refractivity contribution is 0.897. The first-order chi connectivity index (χ1) is 6.22. The van der Waals surface area contributed by atoms with Gasteiger partial charge in [-0.3, -0.25) is 4.79 Å². The van der Waals surface area contributed by atoms with Crippen molar-refractivity contribution in [2.45, 2.75) is 13.0 Å². The minimum absolute atomic E-state index is 0.131. The molecular formula is C8H13N3OS. The third-order valence-corrected chi connectivity index (χ3v) is 2.32. The molecule has 1 heterocycles. The third kappa shape index (κ3) is 3.50. The van der Waals surface area contributed by atoms with E-state index >= 15 is 0 Å². The van der Waals surface area contributed by atoms with E-state index in [1.165, 1.54) is 12.4 Å². The second kappa shape index (κ2) is 4.91. The van der Waals surface area contributed by atoms with Crippen molar-refractivity contribution >= 4 is 17.6 Å². The van der Waals surface area contributed by atoms with Gasteiger partial charge in [-0.1, -0.05) is 0 Å². The molecule has 5 heteroatoms. The number of anilines is 1. The van der Waals surface area contributed by atoms with Crippen molar-refractivity contribution in [3.05, 3.63) is 22.7 Å². The highest BCUT2D eigenvalue weighted by atomic mass is 32.2. The second-order valence-corrected chi connectivity index (χ2v) is 3.71. The van der Waals surface area contributed by atoms with Crippen LogP contribution < -0.4 is 10.9 Å². The zero-order valence-electron chi connectivity index (χ0n) is 7.70. The van der Waals surface area contributed by atoms with Crippen molar-refractivity contribution in [2.24, 2.45) is 0 Å². The summed E-state index contributed by atoms with van der Waals surface area (Å²) in [6.07, 6.45) is 3.44. The average molecular weight is 199 g/mol. The maximum Gasteiger partial charge on any atom is 0.252 e. The molecule has 0 bridgehead atoms. The second-order valence-electron chi connectivity index (χ2n) is 2.80. The van der Waals surface area contributed by atoms with Gasteiger partial charge in [0.15, 0.2) is 0 Å². The standard InChI is InChI=1S/C8H13N3OS/c1-6(4-13-2)11-7-3-8(12)10-5-9-7/h3,5-6H,4H2,1-2H3,(H2,9,10,11,12). The van der Waals surface area contributed by atoms with Crippen molar-refractivity contribution in [2.75, 3.05) is 17.3 Å². The number of rotatable bonds is 4. The van der Waals surface area contributed by atoms with Gasteiger partial charge in [0, 0.05) is 17.9 Å². The Morgan fingerprint density at radius 2 is 2.54 bits per heavy atom. The van der Waals surface area contributed by atoms with E-state index < -0.39 is 0 Å². The minimum atomic E-state index is -0.131. The Labute approximate surface area is 81.2 Å². The van der Waals surface area contributed by atoms with Crippen LogP contribution in [0, 0.1) is 0 Å². The van der Waals surface area contributed by atoms with Crippen LogP contribution in [0.2, 0.25) is 0 Å². The van der Waals surface area contributed by atoms with E-state index in [4.69, 9.17) is 0 Å². The highest BCUT2D eigenvalue weighted by Gasteiger charge is 2.01. The fourth-order valence-corrected chi connectivity index (χ4v) is 1.57. The first-order valence-electron chi connectivity index (χ1n) is 4.02. The summed E-state index contributed by atoms with van der Waals surface area (Å²) in [7, 11) is 0. The van der Waals surface area contributed by atoms with Crippen LogP contribution in [0.4, 0.5) is 5.82 Å². The van der Waals surface area contributed by atoms with Crippen LogP contribution in [-0.2, 0) is 0 Å². The number of thioether (sulfide) groups is 1. The summed E-state index contributed by atoms with van der Waals surface area (Å²) in [5.41, 5.74) is -0.131. The smallest absolute Gasteiger partial charge is 0.252 e. The number of nitrogens with zero attached hydrogens (tertiary/aromatic N) is 1. The first-order valence-corrected chi connectivity index (χ1v) is 5.42. The lowest BCUT2D eigenvalue weighted by Crippen LogP contribution is -2.20. The van der Waals surface area contributed by atoms with E-state index in [9.17, 15) is 4.79 Å². The van der Waals surface area contributed by atoms with Crippen molar-refractivity contribution in [3.8, 4) is 0 Å². The highest BCUT2D eigenvalue weighted by Crippen LogP contribution is 2.03. The van der Waals surface area contributed by atoms with Gasteiger partial charge in [-0.2, -0.15) is 11.8 Å². The summed E-state index contributed by atoms with van der Waals surface area (Å²) < 4.78 is 0. The molecule has 1 atom stereocenters. The summed E-state index contributed by atoms with van der Waals surface area (Å²) in [4.78, 5) is 17.3. The fourth-order valence-electron chi connectivity index (χ4n) is 0.992. The number of aromatic nitrogens is 2. The van der Waals surface area contributed by atoms with E-state index in [1.807, 2.05) is 6.26 Å². The molecule has 2 N–H and O–H groups in total. The van der Waals surface area contributed by atoms with Gasteiger partial charge in [0.1, 0.15) is 5.82 Å². The van der Waals surface area contributed by atoms with Crippen LogP contribution >= 0.6 is 11.8 Å². The SMILES string of the molecule is CSCC(C)Nc1cc(=O)[nH]cn1. The van der Waals surface area contributed by atoms with Crippen molar-refractivity contribution < 1.29 is 0 Å². The van der Waals surface area contributed by atoms with E-state index in [1.54, 1.807) is 11.8 Å². The van der Waals surface area contributed by atoms with Gasteiger partial charge < -0.3 is 10.3 Å². The Bertz CT molecular complexity index is 312. The summed E-state index contributed by atoms with van der Waals surface area (Å²) in [5.74, 6) is 1.62. The molecule has 0 saturated heterocycles. The van der Waals surface area contributed by atoms with Crippen molar-refractivity contribution in [3.63, 3.8) is 0 Å². The largest absolute Gasteiger partial charge is 0.367 e. The quantitative estimate of drug-likeness (QED) is 0.757. The predicted molar refractivity (Wildman–Crippen MR) is 56.3 cm³/mol.